The standard InChI is InChI=1S/C15H21NO4/c1-19-13-6-5-11(10-14(13)20-2)12-4-3-8-16(12)9-7-15(17)18/h5-6,10,12H,3-4,7-9H2,1-2H3,(H,17,18). The third-order valence-electron chi connectivity index (χ3n) is 3.77. The van der Waals surface area contributed by atoms with Crippen molar-refractivity contribution < 1.29 is 19.4 Å². The Balaban J connectivity index is 2.15. The van der Waals surface area contributed by atoms with Crippen LogP contribution >= 0.6 is 0 Å². The highest BCUT2D eigenvalue weighted by molar-refractivity contribution is 5.66. The zero-order chi connectivity index (χ0) is 14.5. The van der Waals surface area contributed by atoms with Gasteiger partial charge in [0.2, 0.25) is 0 Å². The van der Waals surface area contributed by atoms with Gasteiger partial charge in [-0.25, -0.2) is 0 Å². The number of hydrogen-bond acceptors (Lipinski definition) is 4. The van der Waals surface area contributed by atoms with Gasteiger partial charge in [0.05, 0.1) is 20.6 Å². The van der Waals surface area contributed by atoms with Crippen LogP contribution in [-0.4, -0.2) is 43.3 Å². The molecule has 0 aromatic heterocycles. The summed E-state index contributed by atoms with van der Waals surface area (Å²) < 4.78 is 10.6. The van der Waals surface area contributed by atoms with E-state index in [9.17, 15) is 4.79 Å². The van der Waals surface area contributed by atoms with E-state index in [0.29, 0.717) is 12.3 Å². The highest BCUT2D eigenvalue weighted by Gasteiger charge is 2.26. The van der Waals surface area contributed by atoms with Crippen LogP contribution in [0.5, 0.6) is 11.5 Å². The van der Waals surface area contributed by atoms with E-state index in [0.717, 1.165) is 30.7 Å². The van der Waals surface area contributed by atoms with Crippen LogP contribution in [0.1, 0.15) is 30.9 Å². The fourth-order valence-electron chi connectivity index (χ4n) is 2.77. The molecule has 1 aliphatic heterocycles. The molecular formula is C15H21NO4. The molecule has 1 aromatic rings. The Morgan fingerprint density at radius 1 is 1.35 bits per heavy atom. The van der Waals surface area contributed by atoms with Crippen molar-refractivity contribution >= 4 is 5.97 Å². The number of nitrogens with zero attached hydrogens (tertiary/aromatic N) is 1. The van der Waals surface area contributed by atoms with Crippen LogP contribution in [0.2, 0.25) is 0 Å². The number of methoxy groups -OCH3 is 2. The van der Waals surface area contributed by atoms with Gasteiger partial charge in [-0.3, -0.25) is 9.69 Å². The summed E-state index contributed by atoms with van der Waals surface area (Å²) in [7, 11) is 3.24. The van der Waals surface area contributed by atoms with Crippen LogP contribution in [0, 0.1) is 0 Å². The first kappa shape index (κ1) is 14.7. The van der Waals surface area contributed by atoms with E-state index in [1.54, 1.807) is 14.2 Å². The van der Waals surface area contributed by atoms with Crippen LogP contribution in [0.4, 0.5) is 0 Å². The number of rotatable bonds is 6. The van der Waals surface area contributed by atoms with Gasteiger partial charge in [0, 0.05) is 12.6 Å². The lowest BCUT2D eigenvalue weighted by atomic mass is 10.0. The third-order valence-corrected chi connectivity index (χ3v) is 3.77. The summed E-state index contributed by atoms with van der Waals surface area (Å²) in [6.45, 7) is 1.54. The predicted molar refractivity (Wildman–Crippen MR) is 75.3 cm³/mol. The maximum absolute atomic E-state index is 10.7. The molecule has 0 bridgehead atoms. The minimum absolute atomic E-state index is 0.184. The second-order valence-corrected chi connectivity index (χ2v) is 4.95. The number of carboxylic acid groups (broad SMARTS) is 1. The van der Waals surface area contributed by atoms with Crippen molar-refractivity contribution in [3.8, 4) is 11.5 Å². The molecule has 1 saturated heterocycles. The first-order chi connectivity index (χ1) is 9.65. The minimum atomic E-state index is -0.747. The smallest absolute Gasteiger partial charge is 0.304 e. The number of aliphatic carboxylic acids is 1. The van der Waals surface area contributed by atoms with E-state index < -0.39 is 5.97 Å². The molecule has 1 N–H and O–H groups in total. The molecule has 0 radical (unpaired) electrons. The van der Waals surface area contributed by atoms with E-state index in [1.165, 1.54) is 0 Å². The molecule has 1 atom stereocenters. The maximum atomic E-state index is 10.7. The highest BCUT2D eigenvalue weighted by atomic mass is 16.5. The minimum Gasteiger partial charge on any atom is -0.493 e. The average molecular weight is 279 g/mol. The van der Waals surface area contributed by atoms with Crippen molar-refractivity contribution in [2.24, 2.45) is 0 Å². The van der Waals surface area contributed by atoms with Gasteiger partial charge in [-0.05, 0) is 37.1 Å². The van der Waals surface area contributed by atoms with Crippen molar-refractivity contribution in [3.63, 3.8) is 0 Å². The van der Waals surface area contributed by atoms with Crippen molar-refractivity contribution in [2.45, 2.75) is 25.3 Å². The fraction of sp³-hybridized carbons (Fsp3) is 0.533. The molecule has 0 amide bonds. The Kier molecular flexibility index (Phi) is 4.84. The SMILES string of the molecule is COc1ccc(C2CCCN2CCC(=O)O)cc1OC. The first-order valence-corrected chi connectivity index (χ1v) is 6.83. The summed E-state index contributed by atoms with van der Waals surface area (Å²) in [5, 5.41) is 8.82. The molecule has 1 fully saturated rings. The molecular weight excluding hydrogens is 258 g/mol. The Bertz CT molecular complexity index is 475. The molecule has 1 heterocycles. The van der Waals surface area contributed by atoms with E-state index in [4.69, 9.17) is 14.6 Å². The molecule has 1 unspecified atom stereocenters. The summed E-state index contributed by atoms with van der Waals surface area (Å²) in [6.07, 6.45) is 2.33. The summed E-state index contributed by atoms with van der Waals surface area (Å²) in [4.78, 5) is 13.0. The molecule has 110 valence electrons. The fourth-order valence-corrected chi connectivity index (χ4v) is 2.77. The Morgan fingerprint density at radius 2 is 2.10 bits per heavy atom. The van der Waals surface area contributed by atoms with Crippen LogP contribution in [0.25, 0.3) is 0 Å². The van der Waals surface area contributed by atoms with Crippen molar-refractivity contribution in [3.05, 3.63) is 23.8 Å². The lowest BCUT2D eigenvalue weighted by Crippen LogP contribution is -2.26. The molecule has 0 spiro atoms. The van der Waals surface area contributed by atoms with Gasteiger partial charge >= 0.3 is 5.97 Å². The van der Waals surface area contributed by atoms with Crippen LogP contribution in [0.15, 0.2) is 18.2 Å². The quantitative estimate of drug-likeness (QED) is 0.866. The highest BCUT2D eigenvalue weighted by Crippen LogP contribution is 2.36. The summed E-state index contributed by atoms with van der Waals surface area (Å²) in [5.74, 6) is 0.685. The Labute approximate surface area is 119 Å². The second kappa shape index (κ2) is 6.61. The van der Waals surface area contributed by atoms with Gasteiger partial charge < -0.3 is 14.6 Å². The topological polar surface area (TPSA) is 59.0 Å². The lowest BCUT2D eigenvalue weighted by molar-refractivity contribution is -0.137. The van der Waals surface area contributed by atoms with Gasteiger partial charge in [0.25, 0.3) is 0 Å². The number of ether oxygens (including phenoxy) is 2. The second-order valence-electron chi connectivity index (χ2n) is 4.95. The van der Waals surface area contributed by atoms with Gasteiger partial charge in [-0.15, -0.1) is 0 Å². The number of carboxylic acids is 1. The molecule has 0 saturated carbocycles. The predicted octanol–water partition coefficient (Wildman–Crippen LogP) is 2.32. The number of benzene rings is 1. The normalized spacial score (nSPS) is 19.0. The molecule has 20 heavy (non-hydrogen) atoms. The number of likely N-dealkylation sites (tertiary alicyclic amines) is 1. The monoisotopic (exact) mass is 279 g/mol. The van der Waals surface area contributed by atoms with Crippen molar-refractivity contribution in [2.75, 3.05) is 27.3 Å². The van der Waals surface area contributed by atoms with E-state index in [2.05, 4.69) is 4.90 Å². The third kappa shape index (κ3) is 3.22. The van der Waals surface area contributed by atoms with Crippen LogP contribution in [-0.2, 0) is 4.79 Å². The lowest BCUT2D eigenvalue weighted by Gasteiger charge is -2.24. The average Bonchev–Trinajstić information content (AvgIpc) is 2.92. The Hall–Kier alpha value is -1.75. The zero-order valence-electron chi connectivity index (χ0n) is 12.0. The van der Waals surface area contributed by atoms with Crippen LogP contribution < -0.4 is 9.47 Å². The number of hydrogen-bond donors (Lipinski definition) is 1. The molecule has 1 aliphatic rings. The van der Waals surface area contributed by atoms with Crippen LogP contribution in [0.3, 0.4) is 0 Å². The molecule has 5 heteroatoms. The van der Waals surface area contributed by atoms with Crippen molar-refractivity contribution in [1.82, 2.24) is 4.90 Å². The molecule has 1 aromatic carbocycles. The Morgan fingerprint density at radius 3 is 2.75 bits per heavy atom. The van der Waals surface area contributed by atoms with E-state index in [-0.39, 0.29) is 12.5 Å². The van der Waals surface area contributed by atoms with E-state index >= 15 is 0 Å². The largest absolute Gasteiger partial charge is 0.493 e. The van der Waals surface area contributed by atoms with Gasteiger partial charge in [-0.2, -0.15) is 0 Å². The first-order valence-electron chi connectivity index (χ1n) is 6.83. The van der Waals surface area contributed by atoms with Gasteiger partial charge in [-0.1, -0.05) is 6.07 Å². The molecule has 5 nitrogen and oxygen atoms in total. The van der Waals surface area contributed by atoms with Gasteiger partial charge in [0.1, 0.15) is 0 Å². The van der Waals surface area contributed by atoms with Gasteiger partial charge in [0.15, 0.2) is 11.5 Å². The maximum Gasteiger partial charge on any atom is 0.304 e. The summed E-state index contributed by atoms with van der Waals surface area (Å²) in [6, 6.07) is 6.20. The van der Waals surface area contributed by atoms with Crippen molar-refractivity contribution in [1.29, 1.82) is 0 Å². The zero-order valence-corrected chi connectivity index (χ0v) is 12.0. The molecule has 0 aliphatic carbocycles. The summed E-state index contributed by atoms with van der Waals surface area (Å²) in [5.41, 5.74) is 1.16. The van der Waals surface area contributed by atoms with E-state index in [1.807, 2.05) is 18.2 Å². The summed E-state index contributed by atoms with van der Waals surface area (Å²) >= 11 is 0. The molecule has 2 rings (SSSR count). The number of carbonyl (C=O) groups is 1.